The molecular formula is C14H19ClN4OS. The molecule has 0 saturated heterocycles. The van der Waals surface area contributed by atoms with E-state index in [2.05, 4.69) is 16.6 Å². The normalized spacial score (nSPS) is 11.0. The minimum atomic E-state index is -0.100. The molecule has 0 unspecified atom stereocenters. The first-order valence-corrected chi connectivity index (χ1v) is 8.39. The highest BCUT2D eigenvalue weighted by Gasteiger charge is 2.20. The maximum absolute atomic E-state index is 12.3. The predicted molar refractivity (Wildman–Crippen MR) is 88.3 cm³/mol. The molecule has 2 rings (SSSR count). The van der Waals surface area contributed by atoms with Gasteiger partial charge in [-0.1, -0.05) is 11.6 Å². The average molecular weight is 327 g/mol. The Balaban J connectivity index is 2.38. The summed E-state index contributed by atoms with van der Waals surface area (Å²) in [5.41, 5.74) is 2.04. The molecule has 0 fully saturated rings. The maximum atomic E-state index is 12.3. The number of fused-ring (bicyclic) bond motifs is 1. The summed E-state index contributed by atoms with van der Waals surface area (Å²) in [6.07, 6.45) is 3.86. The van der Waals surface area contributed by atoms with Crippen LogP contribution in [0.4, 0.5) is 0 Å². The number of aromatic nitrogens is 2. The molecule has 1 N–H and O–H groups in total. The second kappa shape index (κ2) is 7.15. The van der Waals surface area contributed by atoms with Gasteiger partial charge >= 0.3 is 0 Å². The summed E-state index contributed by atoms with van der Waals surface area (Å²) in [7, 11) is 3.45. The van der Waals surface area contributed by atoms with E-state index in [1.54, 1.807) is 38.1 Å². The molecule has 114 valence electrons. The molecule has 0 atom stereocenters. The lowest BCUT2D eigenvalue weighted by Gasteiger charge is -2.11. The Kier molecular flexibility index (Phi) is 5.50. The van der Waals surface area contributed by atoms with Crippen molar-refractivity contribution >= 4 is 34.9 Å². The third kappa shape index (κ3) is 3.70. The number of nitrogens with one attached hydrogen (secondary N) is 1. The van der Waals surface area contributed by atoms with Crippen LogP contribution in [0.5, 0.6) is 0 Å². The third-order valence-electron chi connectivity index (χ3n) is 3.07. The number of rotatable bonds is 6. The lowest BCUT2D eigenvalue weighted by atomic mass is 10.3. The van der Waals surface area contributed by atoms with Gasteiger partial charge in [-0.25, -0.2) is 4.98 Å². The van der Waals surface area contributed by atoms with Crippen molar-refractivity contribution < 1.29 is 4.79 Å². The average Bonchev–Trinajstić information content (AvgIpc) is 2.80. The van der Waals surface area contributed by atoms with Gasteiger partial charge in [0.25, 0.3) is 5.91 Å². The number of carbonyl (C=O) groups is 1. The van der Waals surface area contributed by atoms with Crippen LogP contribution >= 0.6 is 23.4 Å². The van der Waals surface area contributed by atoms with Crippen molar-refractivity contribution in [3.63, 3.8) is 0 Å². The van der Waals surface area contributed by atoms with Gasteiger partial charge < -0.3 is 14.6 Å². The van der Waals surface area contributed by atoms with Crippen LogP contribution in [0.3, 0.4) is 0 Å². The molecule has 0 aromatic carbocycles. The van der Waals surface area contributed by atoms with Crippen LogP contribution in [-0.2, 0) is 6.54 Å². The molecule has 2 aromatic heterocycles. The summed E-state index contributed by atoms with van der Waals surface area (Å²) in [6.45, 7) is 1.46. The van der Waals surface area contributed by atoms with Crippen LogP contribution in [-0.4, -0.2) is 52.8 Å². The van der Waals surface area contributed by atoms with Gasteiger partial charge in [0, 0.05) is 39.1 Å². The van der Waals surface area contributed by atoms with Gasteiger partial charge in [0.05, 0.1) is 10.7 Å². The topological polar surface area (TPSA) is 49.6 Å². The summed E-state index contributed by atoms with van der Waals surface area (Å²) in [5, 5.41) is 3.96. The number of thioether (sulfide) groups is 1. The molecule has 1 amide bonds. The fraction of sp³-hybridized carbons (Fsp3) is 0.429. The van der Waals surface area contributed by atoms with Crippen molar-refractivity contribution in [1.82, 2.24) is 19.6 Å². The van der Waals surface area contributed by atoms with Crippen LogP contribution in [0.2, 0.25) is 5.02 Å². The first-order chi connectivity index (χ1) is 10.0. The second-order valence-corrected chi connectivity index (χ2v) is 6.27. The highest BCUT2D eigenvalue weighted by atomic mass is 35.5. The monoisotopic (exact) mass is 326 g/mol. The Morgan fingerprint density at radius 2 is 2.24 bits per heavy atom. The Hall–Kier alpha value is -1.24. The Morgan fingerprint density at radius 3 is 2.90 bits per heavy atom. The fourth-order valence-electron chi connectivity index (χ4n) is 2.00. The van der Waals surface area contributed by atoms with Gasteiger partial charge in [-0.2, -0.15) is 11.8 Å². The number of carbonyl (C=O) groups excluding carboxylic acids is 1. The predicted octanol–water partition coefficient (Wildman–Crippen LogP) is 2.14. The number of pyridine rings is 1. The van der Waals surface area contributed by atoms with Crippen LogP contribution in [0.15, 0.2) is 18.3 Å². The third-order valence-corrected chi connectivity index (χ3v) is 3.90. The number of imidazole rings is 1. The number of amides is 1. The number of hydrogen-bond donors (Lipinski definition) is 1. The van der Waals surface area contributed by atoms with Crippen molar-refractivity contribution in [1.29, 1.82) is 0 Å². The highest BCUT2D eigenvalue weighted by molar-refractivity contribution is 7.98. The molecule has 2 heterocycles. The van der Waals surface area contributed by atoms with Crippen LogP contribution in [0.25, 0.3) is 5.65 Å². The van der Waals surface area contributed by atoms with Crippen molar-refractivity contribution in [2.45, 2.75) is 6.54 Å². The van der Waals surface area contributed by atoms with Gasteiger partial charge in [0.2, 0.25) is 0 Å². The Bertz CT molecular complexity index is 641. The van der Waals surface area contributed by atoms with E-state index >= 15 is 0 Å². The smallest absolute Gasteiger partial charge is 0.273 e. The van der Waals surface area contributed by atoms with E-state index in [1.807, 2.05) is 10.5 Å². The standard InChI is InChI=1S/C14H19ClN4OS/c1-18(2)14(20)13-11(8-16-6-7-21-3)19-9-10(15)4-5-12(19)17-13/h4-5,9,16H,6-8H2,1-3H3. The number of halogens is 1. The number of nitrogens with zero attached hydrogens (tertiary/aromatic N) is 3. The lowest BCUT2D eigenvalue weighted by Crippen LogP contribution is -2.25. The summed E-state index contributed by atoms with van der Waals surface area (Å²) >= 11 is 7.84. The lowest BCUT2D eigenvalue weighted by molar-refractivity contribution is 0.0821. The highest BCUT2D eigenvalue weighted by Crippen LogP contribution is 2.17. The first-order valence-electron chi connectivity index (χ1n) is 6.62. The van der Waals surface area contributed by atoms with E-state index in [9.17, 15) is 4.79 Å². The van der Waals surface area contributed by atoms with Gasteiger partial charge in [-0.3, -0.25) is 4.79 Å². The van der Waals surface area contributed by atoms with Gasteiger partial charge in [-0.05, 0) is 18.4 Å². The first kappa shape index (κ1) is 16.1. The molecule has 0 aliphatic heterocycles. The molecular weight excluding hydrogens is 308 g/mol. The summed E-state index contributed by atoms with van der Waals surface area (Å²) in [5.74, 6) is 0.922. The van der Waals surface area contributed by atoms with Crippen LogP contribution in [0.1, 0.15) is 16.2 Å². The summed E-state index contributed by atoms with van der Waals surface area (Å²) < 4.78 is 1.88. The molecule has 0 radical (unpaired) electrons. The molecule has 2 aromatic rings. The van der Waals surface area contributed by atoms with Crippen molar-refractivity contribution in [2.24, 2.45) is 0 Å². The molecule has 21 heavy (non-hydrogen) atoms. The Labute approximate surface area is 133 Å². The van der Waals surface area contributed by atoms with E-state index in [1.165, 1.54) is 4.90 Å². The zero-order chi connectivity index (χ0) is 15.4. The van der Waals surface area contributed by atoms with Crippen molar-refractivity contribution in [3.8, 4) is 0 Å². The molecule has 0 aliphatic rings. The summed E-state index contributed by atoms with van der Waals surface area (Å²) in [6, 6.07) is 3.60. The molecule has 0 saturated carbocycles. The van der Waals surface area contributed by atoms with Gasteiger partial charge in [-0.15, -0.1) is 0 Å². The van der Waals surface area contributed by atoms with Crippen molar-refractivity contribution in [2.75, 3.05) is 32.6 Å². The summed E-state index contributed by atoms with van der Waals surface area (Å²) in [4.78, 5) is 18.3. The quantitative estimate of drug-likeness (QED) is 0.826. The van der Waals surface area contributed by atoms with Crippen molar-refractivity contribution in [3.05, 3.63) is 34.7 Å². The van der Waals surface area contributed by atoms with E-state index in [0.29, 0.717) is 17.3 Å². The molecule has 0 aliphatic carbocycles. The molecule has 5 nitrogen and oxygen atoms in total. The van der Waals surface area contributed by atoms with E-state index in [0.717, 1.165) is 23.6 Å². The molecule has 0 bridgehead atoms. The largest absolute Gasteiger partial charge is 0.343 e. The van der Waals surface area contributed by atoms with Crippen LogP contribution < -0.4 is 5.32 Å². The Morgan fingerprint density at radius 1 is 1.48 bits per heavy atom. The molecule has 7 heteroatoms. The van der Waals surface area contributed by atoms with E-state index in [-0.39, 0.29) is 5.91 Å². The molecule has 0 spiro atoms. The zero-order valence-corrected chi connectivity index (χ0v) is 14.0. The fourth-order valence-corrected chi connectivity index (χ4v) is 2.51. The van der Waals surface area contributed by atoms with E-state index in [4.69, 9.17) is 11.6 Å². The van der Waals surface area contributed by atoms with Gasteiger partial charge in [0.15, 0.2) is 5.69 Å². The SMILES string of the molecule is CSCCNCc1c(C(=O)N(C)C)nc2ccc(Cl)cn12. The van der Waals surface area contributed by atoms with Crippen LogP contribution in [0, 0.1) is 0 Å². The minimum absolute atomic E-state index is 0.100. The second-order valence-electron chi connectivity index (χ2n) is 4.85. The number of hydrogen-bond acceptors (Lipinski definition) is 4. The zero-order valence-electron chi connectivity index (χ0n) is 12.4. The van der Waals surface area contributed by atoms with Gasteiger partial charge in [0.1, 0.15) is 5.65 Å². The maximum Gasteiger partial charge on any atom is 0.273 e. The minimum Gasteiger partial charge on any atom is -0.343 e. The van der Waals surface area contributed by atoms with E-state index < -0.39 is 0 Å².